The van der Waals surface area contributed by atoms with Gasteiger partial charge in [0.1, 0.15) is 60.8 Å². The molecule has 3 aliphatic rings. The highest BCUT2D eigenvalue weighted by molar-refractivity contribution is 5.58. The van der Waals surface area contributed by atoms with E-state index in [4.69, 9.17) is 23.7 Å². The summed E-state index contributed by atoms with van der Waals surface area (Å²) in [5.41, 5.74) is 3.12. The number of ether oxygens (including phenoxy) is 5. The lowest BCUT2D eigenvalue weighted by Gasteiger charge is -2.24. The first-order chi connectivity index (χ1) is 69.4. The minimum Gasteiger partial charge on any atom is -0.492 e. The summed E-state index contributed by atoms with van der Waals surface area (Å²) in [7, 11) is 18.8. The van der Waals surface area contributed by atoms with Crippen molar-refractivity contribution in [3.05, 3.63) is 264 Å². The van der Waals surface area contributed by atoms with Gasteiger partial charge in [0.2, 0.25) is 0 Å². The second-order valence-electron chi connectivity index (χ2n) is 36.8. The Morgan fingerprint density at radius 1 is 0.293 bits per heavy atom. The van der Waals surface area contributed by atoms with Crippen molar-refractivity contribution < 1.29 is 142 Å². The van der Waals surface area contributed by atoms with Crippen LogP contribution in [0.4, 0.5) is 141 Å². The van der Waals surface area contributed by atoms with Gasteiger partial charge in [0.15, 0.2) is 0 Å². The van der Waals surface area contributed by atoms with E-state index in [0.29, 0.717) is 105 Å². The summed E-state index contributed by atoms with van der Waals surface area (Å²) < 4.78 is 363. The van der Waals surface area contributed by atoms with Gasteiger partial charge in [-0.1, -0.05) is 0 Å². The highest BCUT2D eigenvalue weighted by Gasteiger charge is 2.39. The average molecular weight is 2170 g/mol. The molecule has 0 aliphatic carbocycles. The molecule has 0 spiro atoms. The lowest BCUT2D eigenvalue weighted by molar-refractivity contribution is -0.138. The van der Waals surface area contributed by atoms with E-state index in [1.807, 2.05) is 87.7 Å². The number of piperidine rings is 2. The van der Waals surface area contributed by atoms with Gasteiger partial charge in [-0.2, -0.15) is 119 Å². The quantitative estimate of drug-likeness (QED) is 0.0373. The molecule has 3 heterocycles. The van der Waals surface area contributed by atoms with E-state index in [0.717, 1.165) is 225 Å². The zero-order valence-electron chi connectivity index (χ0n) is 88.2. The van der Waals surface area contributed by atoms with Crippen molar-refractivity contribution >= 4 is 22.7 Å². The Hall–Kier alpha value is -11.0. The maximum absolute atomic E-state index is 12.5. The molecule has 3 saturated heterocycles. The fraction of sp³-hybridized carbons (Fsp3) is 0.500. The Labute approximate surface area is 862 Å². The van der Waals surface area contributed by atoms with Crippen LogP contribution in [0.3, 0.4) is 0 Å². The number of nitrogens with zero attached hydrogens (tertiary/aromatic N) is 7. The predicted molar refractivity (Wildman–Crippen MR) is 537 cm³/mol. The van der Waals surface area contributed by atoms with Gasteiger partial charge in [-0.15, -0.1) is 0 Å². The highest BCUT2D eigenvalue weighted by atomic mass is 19.4. The Morgan fingerprint density at radius 3 is 0.787 bits per heavy atom. The molecule has 3 aliphatic heterocycles. The minimum atomic E-state index is -4.30. The lowest BCUT2D eigenvalue weighted by Crippen LogP contribution is -2.34. The lowest BCUT2D eigenvalue weighted by atomic mass is 10.1. The molecule has 9 aromatic carbocycles. The molecule has 0 bridgehead atoms. The summed E-state index contributed by atoms with van der Waals surface area (Å²) >= 11 is 0. The van der Waals surface area contributed by atoms with E-state index in [1.54, 1.807) is 100 Å². The number of rotatable bonds is 25. The first-order valence-electron chi connectivity index (χ1n) is 48.1. The highest BCUT2D eigenvalue weighted by Crippen LogP contribution is 2.42. The molecule has 0 amide bonds. The Bertz CT molecular complexity index is 5290. The molecule has 3 N–H and O–H groups in total. The number of halogens is 27. The van der Waals surface area contributed by atoms with Gasteiger partial charge in [-0.25, -0.2) is 0 Å². The van der Waals surface area contributed by atoms with Crippen molar-refractivity contribution in [2.24, 2.45) is 0 Å². The van der Waals surface area contributed by atoms with Gasteiger partial charge in [0.25, 0.3) is 0 Å². The van der Waals surface area contributed by atoms with Crippen molar-refractivity contribution in [1.82, 2.24) is 30.7 Å². The normalized spacial score (nSPS) is 13.8. The van der Waals surface area contributed by atoms with Crippen LogP contribution in [-0.4, -0.2) is 202 Å². The van der Waals surface area contributed by atoms with Crippen LogP contribution >= 0.6 is 0 Å². The smallest absolute Gasteiger partial charge is 0.416 e. The van der Waals surface area contributed by atoms with Crippen molar-refractivity contribution in [2.45, 2.75) is 182 Å². The molecular formula is C108H139F27N10O5. The Balaban J connectivity index is 0.000000351. The topological polar surface area (TPSA) is 105 Å². The van der Waals surface area contributed by atoms with E-state index >= 15 is 0 Å². The summed E-state index contributed by atoms with van der Waals surface area (Å²) in [4.78, 5) is 13.9. The third-order valence-electron chi connectivity index (χ3n) is 23.3. The molecule has 9 aromatic rings. The molecule has 0 saturated carbocycles. The number of nitrogens with one attached hydrogen (secondary N) is 3. The van der Waals surface area contributed by atoms with E-state index in [-0.39, 0.29) is 12.2 Å². The van der Waals surface area contributed by atoms with E-state index in [1.165, 1.54) is 66.7 Å². The second-order valence-corrected chi connectivity index (χ2v) is 36.8. The van der Waals surface area contributed by atoms with Gasteiger partial charge in [0.05, 0.1) is 50.1 Å². The Kier molecular flexibility index (Phi) is 52.4. The van der Waals surface area contributed by atoms with Crippen LogP contribution in [-0.2, 0) is 55.6 Å². The second kappa shape index (κ2) is 59.9. The van der Waals surface area contributed by atoms with Crippen LogP contribution in [0.5, 0.6) is 28.7 Å². The van der Waals surface area contributed by atoms with Crippen LogP contribution in [0.2, 0.25) is 0 Å². The summed E-state index contributed by atoms with van der Waals surface area (Å²) in [6.45, 7) is 31.1. The van der Waals surface area contributed by atoms with Gasteiger partial charge < -0.3 is 73.9 Å². The number of likely N-dealkylation sites (N-methyl/N-ethyl adjacent to an activating group) is 5. The molecule has 3 fully saturated rings. The van der Waals surface area contributed by atoms with E-state index in [2.05, 4.69) is 20.9 Å². The van der Waals surface area contributed by atoms with Crippen LogP contribution in [0.1, 0.15) is 153 Å². The van der Waals surface area contributed by atoms with Gasteiger partial charge >= 0.3 is 55.6 Å². The largest absolute Gasteiger partial charge is 0.492 e. The SMILES string of the molecule is CCN(CC)c1ccc(C(F)(F)F)cc1C.CNCCOc1ccc(C(F)(F)F)cc1C.Cc1cc(C(F)(F)F)ccc1N(C)C.Cc1cc(C(F)(F)F)ccc1N(C)CCN(C)C.Cc1cc(C(F)(F)F)ccc1N1CCCC1.Cc1cc(C(F)(F)F)ccc1OC1CCNCC1.Cc1cc(C(F)(F)F)ccc1OC1CCNCC1.Cc1cc(C(F)(F)F)ccc1OCCN(C)C.Cc1cc(C(F)(F)F)ccc1OCCN(C)C. The maximum Gasteiger partial charge on any atom is 0.416 e. The number of hydrogen-bond acceptors (Lipinski definition) is 15. The number of alkyl halides is 27. The molecule has 0 aromatic heterocycles. The maximum atomic E-state index is 12.5. The van der Waals surface area contributed by atoms with Gasteiger partial charge in [0, 0.05) is 103 Å². The van der Waals surface area contributed by atoms with Gasteiger partial charge in [-0.3, -0.25) is 0 Å². The predicted octanol–water partition coefficient (Wildman–Crippen LogP) is 28.4. The number of anilines is 4. The number of hydrogen-bond donors (Lipinski definition) is 3. The third-order valence-corrected chi connectivity index (χ3v) is 23.3. The summed E-state index contributed by atoms with van der Waals surface area (Å²) in [5, 5.41) is 9.32. The molecule has 150 heavy (non-hydrogen) atoms. The molecule has 0 atom stereocenters. The summed E-state index contributed by atoms with van der Waals surface area (Å²) in [6, 6.07) is 33.2. The zero-order valence-corrected chi connectivity index (χ0v) is 88.2. The molecule has 15 nitrogen and oxygen atoms in total. The molecule has 840 valence electrons. The van der Waals surface area contributed by atoms with Crippen molar-refractivity contribution in [2.75, 3.05) is 195 Å². The standard InChI is InChI=1S/C13H19F3N2.2C13H16F3NO.2C12H16F3NO.C12H14F3N.C12H16F3N.C11H14F3NO.C10H12F3N/c1-10-9-11(13(14,15)16)5-6-12(10)18(4)8-7-17(2)3;2*1-9-8-10(13(14,15)16)2-3-12(9)18-11-4-6-17-7-5-11;2*1-9-8-10(12(13,14)15)4-5-11(9)17-7-6-16(2)3;1-9-8-10(12(13,14)15)4-5-11(9)16-6-2-3-7-16;1-4-16(5-2)11-7-6-10(8-9(11)3)12(13,14)15;1-8-7-9(11(12,13)14)3-4-10(8)16-6-5-15-2;1-7-6-8(10(11,12)13)4-5-9(7)14(2)3/h5-6,9H,7-8H2,1-4H3;2*2-3,8,11,17H,4-7H2,1H3;2*4-5,8H,6-7H2,1-3H3;4-5,8H,2-3,6-7H2,1H3;6-8H,4-5H2,1-3H3;3-4,7,15H,5-6H2,1-2H3;4-6H,1-3H3. The fourth-order valence-electron chi connectivity index (χ4n) is 15.0. The van der Waals surface area contributed by atoms with Crippen LogP contribution in [0.25, 0.3) is 0 Å². The van der Waals surface area contributed by atoms with Crippen LogP contribution < -0.4 is 59.2 Å². The van der Waals surface area contributed by atoms with Crippen molar-refractivity contribution in [3.8, 4) is 28.7 Å². The number of aryl methyl sites for hydroxylation is 9. The third kappa shape index (κ3) is 46.7. The average Bonchev–Trinajstić information content (AvgIpc) is 1.63. The summed E-state index contributed by atoms with van der Waals surface area (Å²) in [5.74, 6) is 2.59. The molecule has 12 rings (SSSR count). The molecule has 42 heteroatoms. The van der Waals surface area contributed by atoms with Crippen LogP contribution in [0, 0.1) is 62.3 Å². The molecule has 0 radical (unpaired) electrons. The minimum absolute atomic E-state index is 0.0988. The molecule has 0 unspecified atom stereocenters. The fourth-order valence-corrected chi connectivity index (χ4v) is 15.0. The van der Waals surface area contributed by atoms with Crippen molar-refractivity contribution in [1.29, 1.82) is 0 Å². The van der Waals surface area contributed by atoms with Gasteiger partial charge in [-0.05, 0) is 404 Å². The number of benzene rings is 9. The van der Waals surface area contributed by atoms with E-state index in [9.17, 15) is 119 Å². The first kappa shape index (κ1) is 131. The summed E-state index contributed by atoms with van der Waals surface area (Å²) in [6.07, 6.45) is -32.5. The zero-order chi connectivity index (χ0) is 114. The van der Waals surface area contributed by atoms with Crippen LogP contribution in [0.15, 0.2) is 164 Å². The molecular weight excluding hydrogens is 2030 g/mol. The monoisotopic (exact) mass is 2170 g/mol. The Morgan fingerprint density at radius 2 is 0.540 bits per heavy atom. The van der Waals surface area contributed by atoms with Crippen molar-refractivity contribution in [3.63, 3.8) is 0 Å². The van der Waals surface area contributed by atoms with E-state index < -0.39 is 106 Å². The first-order valence-corrected chi connectivity index (χ1v) is 48.1.